The standard InChI is InChI=1S/C20H24N2O5S2/c23-17(21-14-6-3-1-2-4-7-14)13-27-18(24)9-10-22-19(25)16(29-20(22)26)12-15-8-5-11-28-15/h5,8,11-12,14H,1-4,6-7,9-10,13H2,(H,21,23)/b16-12+. The van der Waals surface area contributed by atoms with Gasteiger partial charge in [-0.25, -0.2) is 0 Å². The average molecular weight is 437 g/mol. The van der Waals surface area contributed by atoms with Crippen molar-refractivity contribution in [2.45, 2.75) is 51.0 Å². The number of nitrogens with one attached hydrogen (secondary N) is 1. The number of amides is 3. The van der Waals surface area contributed by atoms with Gasteiger partial charge >= 0.3 is 5.97 Å². The molecule has 7 nitrogen and oxygen atoms in total. The molecule has 9 heteroatoms. The summed E-state index contributed by atoms with van der Waals surface area (Å²) < 4.78 is 5.00. The van der Waals surface area contributed by atoms with E-state index in [1.165, 1.54) is 24.2 Å². The van der Waals surface area contributed by atoms with Crippen LogP contribution in [0.15, 0.2) is 22.4 Å². The Balaban J connectivity index is 1.40. The first-order valence-corrected chi connectivity index (χ1v) is 11.5. The topological polar surface area (TPSA) is 92.8 Å². The van der Waals surface area contributed by atoms with Gasteiger partial charge in [-0.2, -0.15) is 0 Å². The maximum absolute atomic E-state index is 12.4. The number of hydrogen-bond acceptors (Lipinski definition) is 7. The predicted molar refractivity (Wildman–Crippen MR) is 112 cm³/mol. The molecule has 156 valence electrons. The molecule has 2 aliphatic rings. The fourth-order valence-corrected chi connectivity index (χ4v) is 4.90. The number of imide groups is 1. The first-order chi connectivity index (χ1) is 14.0. The van der Waals surface area contributed by atoms with Crippen LogP contribution in [0.2, 0.25) is 0 Å². The van der Waals surface area contributed by atoms with E-state index < -0.39 is 17.1 Å². The highest BCUT2D eigenvalue weighted by Crippen LogP contribution is 2.33. The van der Waals surface area contributed by atoms with E-state index in [0.29, 0.717) is 4.91 Å². The summed E-state index contributed by atoms with van der Waals surface area (Å²) >= 11 is 2.33. The van der Waals surface area contributed by atoms with Gasteiger partial charge in [-0.15, -0.1) is 11.3 Å². The largest absolute Gasteiger partial charge is 0.456 e. The highest BCUT2D eigenvalue weighted by molar-refractivity contribution is 8.18. The van der Waals surface area contributed by atoms with Crippen LogP contribution in [0.25, 0.3) is 6.08 Å². The summed E-state index contributed by atoms with van der Waals surface area (Å²) in [5.41, 5.74) is 0. The monoisotopic (exact) mass is 436 g/mol. The second-order valence-corrected chi connectivity index (χ2v) is 8.99. The molecule has 0 radical (unpaired) electrons. The van der Waals surface area contributed by atoms with Gasteiger partial charge in [0.25, 0.3) is 17.1 Å². The first-order valence-electron chi connectivity index (χ1n) is 9.77. The van der Waals surface area contributed by atoms with Gasteiger partial charge in [0.1, 0.15) is 0 Å². The lowest BCUT2D eigenvalue weighted by Crippen LogP contribution is -2.37. The Labute approximate surface area is 177 Å². The molecule has 3 rings (SSSR count). The highest BCUT2D eigenvalue weighted by Gasteiger charge is 2.35. The third-order valence-corrected chi connectivity index (χ3v) is 6.54. The van der Waals surface area contributed by atoms with E-state index in [9.17, 15) is 19.2 Å². The van der Waals surface area contributed by atoms with Gasteiger partial charge in [0.05, 0.1) is 11.3 Å². The van der Waals surface area contributed by atoms with Crippen molar-refractivity contribution in [2.24, 2.45) is 0 Å². The molecule has 1 N–H and O–H groups in total. The molecule has 1 aliphatic heterocycles. The van der Waals surface area contributed by atoms with Gasteiger partial charge in [-0.3, -0.25) is 24.1 Å². The minimum Gasteiger partial charge on any atom is -0.456 e. The summed E-state index contributed by atoms with van der Waals surface area (Å²) in [4.78, 5) is 50.6. The summed E-state index contributed by atoms with van der Waals surface area (Å²) in [7, 11) is 0. The van der Waals surface area contributed by atoms with Gasteiger partial charge in [-0.1, -0.05) is 31.7 Å². The molecule has 0 spiro atoms. The van der Waals surface area contributed by atoms with Gasteiger partial charge in [-0.05, 0) is 42.1 Å². The fraction of sp³-hybridized carbons (Fsp3) is 0.500. The SMILES string of the molecule is O=C(COC(=O)CCN1C(=O)S/C(=C/c2cccs2)C1=O)NC1CCCCCC1. The van der Waals surface area contributed by atoms with Crippen LogP contribution < -0.4 is 5.32 Å². The van der Waals surface area contributed by atoms with Crippen LogP contribution in [-0.4, -0.2) is 47.1 Å². The molecule has 29 heavy (non-hydrogen) atoms. The number of hydrogen-bond donors (Lipinski definition) is 1. The molecule has 0 bridgehead atoms. The number of thiophene rings is 1. The quantitative estimate of drug-likeness (QED) is 0.399. The van der Waals surface area contributed by atoms with Crippen molar-refractivity contribution >= 4 is 52.2 Å². The molecule has 3 amide bonds. The minimum absolute atomic E-state index is 0.0600. The molecule has 0 unspecified atom stereocenters. The van der Waals surface area contributed by atoms with Crippen LogP contribution in [0.1, 0.15) is 49.8 Å². The summed E-state index contributed by atoms with van der Waals surface area (Å²) in [5, 5.41) is 4.39. The van der Waals surface area contributed by atoms with Crippen molar-refractivity contribution in [1.29, 1.82) is 0 Å². The lowest BCUT2D eigenvalue weighted by molar-refractivity contribution is -0.149. The number of ether oxygens (including phenoxy) is 1. The normalized spacial score (nSPS) is 19.4. The number of thioether (sulfide) groups is 1. The molecule has 1 aromatic heterocycles. The zero-order chi connectivity index (χ0) is 20.6. The molecule has 1 aromatic rings. The smallest absolute Gasteiger partial charge is 0.308 e. The van der Waals surface area contributed by atoms with E-state index in [0.717, 1.165) is 47.2 Å². The van der Waals surface area contributed by atoms with Crippen molar-refractivity contribution < 1.29 is 23.9 Å². The third-order valence-electron chi connectivity index (χ3n) is 4.81. The van der Waals surface area contributed by atoms with E-state index in [4.69, 9.17) is 4.74 Å². The number of esters is 1. The Morgan fingerprint density at radius 3 is 2.66 bits per heavy atom. The Bertz CT molecular complexity index is 783. The second kappa shape index (κ2) is 10.6. The summed E-state index contributed by atoms with van der Waals surface area (Å²) in [6, 6.07) is 3.87. The van der Waals surface area contributed by atoms with Crippen molar-refractivity contribution in [3.05, 3.63) is 27.3 Å². The molecule has 2 heterocycles. The van der Waals surface area contributed by atoms with Crippen LogP contribution in [0.4, 0.5) is 4.79 Å². The predicted octanol–water partition coefficient (Wildman–Crippen LogP) is 3.56. The van der Waals surface area contributed by atoms with E-state index in [-0.39, 0.29) is 31.5 Å². The van der Waals surface area contributed by atoms with E-state index in [1.807, 2.05) is 17.5 Å². The van der Waals surface area contributed by atoms with Crippen LogP contribution in [0.5, 0.6) is 0 Å². The van der Waals surface area contributed by atoms with Crippen LogP contribution in [0, 0.1) is 0 Å². The summed E-state index contributed by atoms with van der Waals surface area (Å²) in [6.45, 7) is -0.398. The number of carbonyl (C=O) groups is 4. The Morgan fingerprint density at radius 2 is 1.97 bits per heavy atom. The van der Waals surface area contributed by atoms with Gasteiger partial charge < -0.3 is 10.1 Å². The van der Waals surface area contributed by atoms with Gasteiger partial charge in [0, 0.05) is 17.5 Å². The molecular formula is C20H24N2O5S2. The summed E-state index contributed by atoms with van der Waals surface area (Å²) in [5.74, 6) is -1.33. The fourth-order valence-electron chi connectivity index (χ4n) is 3.31. The van der Waals surface area contributed by atoms with Crippen molar-refractivity contribution in [3.63, 3.8) is 0 Å². The Morgan fingerprint density at radius 1 is 1.21 bits per heavy atom. The van der Waals surface area contributed by atoms with E-state index in [2.05, 4.69) is 5.32 Å². The lowest BCUT2D eigenvalue weighted by atomic mass is 10.1. The number of rotatable bonds is 7. The first kappa shape index (κ1) is 21.6. The zero-order valence-corrected chi connectivity index (χ0v) is 17.7. The molecule has 2 fully saturated rings. The lowest BCUT2D eigenvalue weighted by Gasteiger charge is -2.16. The summed E-state index contributed by atoms with van der Waals surface area (Å²) in [6.07, 6.45) is 8.03. The number of carbonyl (C=O) groups excluding carboxylic acids is 4. The van der Waals surface area contributed by atoms with E-state index in [1.54, 1.807) is 6.08 Å². The molecule has 1 saturated carbocycles. The van der Waals surface area contributed by atoms with Crippen molar-refractivity contribution in [1.82, 2.24) is 10.2 Å². The van der Waals surface area contributed by atoms with Gasteiger partial charge in [0.15, 0.2) is 6.61 Å². The third kappa shape index (κ3) is 6.43. The molecule has 0 aromatic carbocycles. The molecule has 0 atom stereocenters. The Hall–Kier alpha value is -2.13. The molecule has 1 saturated heterocycles. The number of nitrogens with zero attached hydrogens (tertiary/aromatic N) is 1. The average Bonchev–Trinajstić information content (AvgIpc) is 3.20. The van der Waals surface area contributed by atoms with E-state index >= 15 is 0 Å². The molecular weight excluding hydrogens is 412 g/mol. The zero-order valence-electron chi connectivity index (χ0n) is 16.1. The van der Waals surface area contributed by atoms with Crippen LogP contribution in [0.3, 0.4) is 0 Å². The van der Waals surface area contributed by atoms with Gasteiger partial charge in [0.2, 0.25) is 0 Å². The second-order valence-electron chi connectivity index (χ2n) is 7.02. The van der Waals surface area contributed by atoms with Crippen molar-refractivity contribution in [3.8, 4) is 0 Å². The minimum atomic E-state index is -0.609. The van der Waals surface area contributed by atoms with Crippen LogP contribution in [-0.2, 0) is 19.1 Å². The molecule has 1 aliphatic carbocycles. The highest BCUT2D eigenvalue weighted by atomic mass is 32.2. The Kier molecular flexibility index (Phi) is 7.88. The maximum Gasteiger partial charge on any atom is 0.308 e. The van der Waals surface area contributed by atoms with Crippen LogP contribution >= 0.6 is 23.1 Å². The van der Waals surface area contributed by atoms with Crippen molar-refractivity contribution in [2.75, 3.05) is 13.2 Å². The maximum atomic E-state index is 12.4.